The van der Waals surface area contributed by atoms with E-state index in [2.05, 4.69) is 47.9 Å². The van der Waals surface area contributed by atoms with Crippen molar-refractivity contribution in [2.45, 2.75) is 20.3 Å². The molecule has 0 saturated heterocycles. The molecule has 2 nitrogen and oxygen atoms in total. The summed E-state index contributed by atoms with van der Waals surface area (Å²) >= 11 is 0. The van der Waals surface area contributed by atoms with Gasteiger partial charge in [-0.1, -0.05) is 31.2 Å². The molecule has 1 heterocycles. The highest BCUT2D eigenvalue weighted by atomic mass is 19.1. The molecule has 2 aromatic rings. The van der Waals surface area contributed by atoms with Crippen LogP contribution in [-0.2, 0) is 0 Å². The van der Waals surface area contributed by atoms with Crippen molar-refractivity contribution in [3.8, 4) is 0 Å². The smallest absolute Gasteiger partial charge is 0.126 e. The van der Waals surface area contributed by atoms with Crippen LogP contribution in [0.3, 0.4) is 0 Å². The van der Waals surface area contributed by atoms with Gasteiger partial charge in [-0.05, 0) is 71.4 Å². The van der Waals surface area contributed by atoms with E-state index in [1.165, 1.54) is 16.7 Å². The summed E-state index contributed by atoms with van der Waals surface area (Å²) in [5.74, 6) is 0.343. The van der Waals surface area contributed by atoms with Gasteiger partial charge in [0.1, 0.15) is 5.82 Å². The van der Waals surface area contributed by atoms with Crippen LogP contribution in [0.1, 0.15) is 30.0 Å². The maximum absolute atomic E-state index is 13.7. The normalized spacial score (nSPS) is 19.2. The minimum Gasteiger partial charge on any atom is -0.382 e. The van der Waals surface area contributed by atoms with Crippen molar-refractivity contribution < 1.29 is 4.39 Å². The summed E-state index contributed by atoms with van der Waals surface area (Å²) < 4.78 is 13.7. The molecule has 2 aliphatic rings. The molecule has 25 heavy (non-hydrogen) atoms. The first kappa shape index (κ1) is 15.9. The summed E-state index contributed by atoms with van der Waals surface area (Å²) in [6, 6.07) is 12.0. The van der Waals surface area contributed by atoms with Gasteiger partial charge in [0.05, 0.1) is 11.4 Å². The van der Waals surface area contributed by atoms with E-state index in [1.807, 2.05) is 19.1 Å². The van der Waals surface area contributed by atoms with Gasteiger partial charge in [-0.15, -0.1) is 0 Å². The highest BCUT2D eigenvalue weighted by Crippen LogP contribution is 2.39. The lowest BCUT2D eigenvalue weighted by Gasteiger charge is -2.24. The van der Waals surface area contributed by atoms with Crippen molar-refractivity contribution in [2.75, 3.05) is 23.7 Å². The fourth-order valence-electron chi connectivity index (χ4n) is 3.64. The van der Waals surface area contributed by atoms with E-state index in [0.29, 0.717) is 11.5 Å². The summed E-state index contributed by atoms with van der Waals surface area (Å²) in [5, 5.41) is 6.88. The molecular weight excluding hydrogens is 311 g/mol. The molecule has 1 aliphatic heterocycles. The van der Waals surface area contributed by atoms with Gasteiger partial charge < -0.3 is 10.6 Å². The van der Waals surface area contributed by atoms with Crippen molar-refractivity contribution in [2.24, 2.45) is 5.92 Å². The Morgan fingerprint density at radius 2 is 1.72 bits per heavy atom. The molecule has 0 radical (unpaired) electrons. The number of hydrogen-bond donors (Lipinski definition) is 2. The number of halogens is 1. The second kappa shape index (κ2) is 6.40. The number of benzene rings is 2. The Balaban J connectivity index is 1.83. The van der Waals surface area contributed by atoms with E-state index in [0.717, 1.165) is 36.4 Å². The Labute approximate surface area is 148 Å². The van der Waals surface area contributed by atoms with E-state index in [9.17, 15) is 4.39 Å². The first-order chi connectivity index (χ1) is 12.1. The Bertz CT molecular complexity index is 880. The van der Waals surface area contributed by atoms with Crippen molar-refractivity contribution in [3.63, 3.8) is 0 Å². The zero-order chi connectivity index (χ0) is 17.4. The molecule has 0 spiro atoms. The van der Waals surface area contributed by atoms with Gasteiger partial charge in [0.15, 0.2) is 0 Å². The molecule has 1 aliphatic carbocycles. The predicted octanol–water partition coefficient (Wildman–Crippen LogP) is 5.48. The lowest BCUT2D eigenvalue weighted by Crippen LogP contribution is -2.20. The topological polar surface area (TPSA) is 24.1 Å². The maximum atomic E-state index is 13.7. The second-order valence-corrected chi connectivity index (χ2v) is 7.01. The summed E-state index contributed by atoms with van der Waals surface area (Å²) in [6.45, 7) is 5.94. The molecule has 2 aromatic carbocycles. The molecule has 0 bridgehead atoms. The molecule has 4 rings (SSSR count). The quantitative estimate of drug-likeness (QED) is 0.760. The minimum atomic E-state index is -0.144. The monoisotopic (exact) mass is 334 g/mol. The fraction of sp³-hybridized carbons (Fsp3) is 0.273. The molecule has 128 valence electrons. The summed E-state index contributed by atoms with van der Waals surface area (Å²) in [5.41, 5.74) is 7.86. The largest absolute Gasteiger partial charge is 0.382 e. The first-order valence-electron chi connectivity index (χ1n) is 8.92. The van der Waals surface area contributed by atoms with Gasteiger partial charge in [-0.3, -0.25) is 0 Å². The van der Waals surface area contributed by atoms with Crippen molar-refractivity contribution in [3.05, 3.63) is 71.1 Å². The number of rotatable bonds is 2. The van der Waals surface area contributed by atoms with Crippen LogP contribution in [0.15, 0.2) is 48.6 Å². The lowest BCUT2D eigenvalue weighted by molar-refractivity contribution is 0.618. The first-order valence-corrected chi connectivity index (χ1v) is 8.92. The number of allylic oxidation sites excluding steroid dienone is 4. The maximum Gasteiger partial charge on any atom is 0.126 e. The van der Waals surface area contributed by atoms with Crippen LogP contribution in [0.5, 0.6) is 0 Å². The van der Waals surface area contributed by atoms with E-state index in [1.54, 1.807) is 6.07 Å². The third kappa shape index (κ3) is 3.07. The highest BCUT2D eigenvalue weighted by Gasteiger charge is 2.18. The van der Waals surface area contributed by atoms with Gasteiger partial charge in [0.2, 0.25) is 0 Å². The zero-order valence-electron chi connectivity index (χ0n) is 14.7. The lowest BCUT2D eigenvalue weighted by atomic mass is 9.83. The van der Waals surface area contributed by atoms with Crippen LogP contribution in [0.2, 0.25) is 0 Å². The third-order valence-electron chi connectivity index (χ3n) is 5.04. The van der Waals surface area contributed by atoms with E-state index in [4.69, 9.17) is 0 Å². The average molecular weight is 334 g/mol. The van der Waals surface area contributed by atoms with Crippen LogP contribution in [0.25, 0.3) is 11.1 Å². The minimum absolute atomic E-state index is 0.144. The van der Waals surface area contributed by atoms with Crippen LogP contribution in [-0.4, -0.2) is 13.1 Å². The Kier molecular flexibility index (Phi) is 4.08. The molecule has 3 heteroatoms. The van der Waals surface area contributed by atoms with Crippen LogP contribution in [0.4, 0.5) is 15.8 Å². The summed E-state index contributed by atoms with van der Waals surface area (Å²) in [4.78, 5) is 0. The van der Waals surface area contributed by atoms with Crippen LogP contribution in [0, 0.1) is 18.7 Å². The van der Waals surface area contributed by atoms with E-state index >= 15 is 0 Å². The average Bonchev–Trinajstić information content (AvgIpc) is 2.63. The molecule has 1 unspecified atom stereocenters. The fourth-order valence-corrected chi connectivity index (χ4v) is 3.64. The van der Waals surface area contributed by atoms with Crippen molar-refractivity contribution in [1.29, 1.82) is 0 Å². The standard InChI is InChI=1S/C22H23FN2/c1-14-3-6-18(17-5-8-21-22(13-17)25-10-9-24-21)19(11-14)16-4-7-20(23)15(2)12-16/h3-8,12-14,24-25H,9-11H2,1-2H3. The van der Waals surface area contributed by atoms with Gasteiger partial charge in [-0.25, -0.2) is 4.39 Å². The highest BCUT2D eigenvalue weighted by molar-refractivity contribution is 5.98. The summed E-state index contributed by atoms with van der Waals surface area (Å²) in [7, 11) is 0. The Morgan fingerprint density at radius 3 is 2.52 bits per heavy atom. The molecule has 0 fully saturated rings. The number of aryl methyl sites for hydroxylation is 1. The molecule has 1 atom stereocenters. The molecule has 0 amide bonds. The van der Waals surface area contributed by atoms with Crippen LogP contribution < -0.4 is 10.6 Å². The number of nitrogens with one attached hydrogen (secondary N) is 2. The number of anilines is 2. The predicted molar refractivity (Wildman–Crippen MR) is 104 cm³/mol. The Hall–Kier alpha value is -2.55. The summed E-state index contributed by atoms with van der Waals surface area (Å²) in [6.07, 6.45) is 5.46. The SMILES string of the molecule is Cc1cc(C2=C(c3ccc4c(c3)NCCN4)C=CC(C)C2)ccc1F. The zero-order valence-corrected chi connectivity index (χ0v) is 14.7. The Morgan fingerprint density at radius 1 is 0.960 bits per heavy atom. The second-order valence-electron chi connectivity index (χ2n) is 7.01. The van der Waals surface area contributed by atoms with E-state index in [-0.39, 0.29) is 5.82 Å². The van der Waals surface area contributed by atoms with Gasteiger partial charge in [0, 0.05) is 13.1 Å². The molecule has 0 aromatic heterocycles. The van der Waals surface area contributed by atoms with Crippen molar-refractivity contribution in [1.82, 2.24) is 0 Å². The number of hydrogen-bond acceptors (Lipinski definition) is 2. The third-order valence-corrected chi connectivity index (χ3v) is 5.04. The van der Waals surface area contributed by atoms with Gasteiger partial charge in [-0.2, -0.15) is 0 Å². The van der Waals surface area contributed by atoms with E-state index < -0.39 is 0 Å². The van der Waals surface area contributed by atoms with Gasteiger partial charge >= 0.3 is 0 Å². The molecule has 2 N–H and O–H groups in total. The van der Waals surface area contributed by atoms with Crippen molar-refractivity contribution >= 4 is 22.5 Å². The number of fused-ring (bicyclic) bond motifs is 1. The van der Waals surface area contributed by atoms with Gasteiger partial charge in [0.25, 0.3) is 0 Å². The molecular formula is C22H23FN2. The van der Waals surface area contributed by atoms with Crippen LogP contribution >= 0.6 is 0 Å². The molecule has 0 saturated carbocycles.